The number of halogens is 3. The minimum atomic E-state index is -4.46. The van der Waals surface area contributed by atoms with Gasteiger partial charge in [0.15, 0.2) is 0 Å². The van der Waals surface area contributed by atoms with Crippen LogP contribution in [0.25, 0.3) is 0 Å². The molecule has 0 aliphatic carbocycles. The molecule has 2 atom stereocenters. The van der Waals surface area contributed by atoms with E-state index in [0.29, 0.717) is 56.9 Å². The van der Waals surface area contributed by atoms with Crippen LogP contribution in [0.5, 0.6) is 0 Å². The van der Waals surface area contributed by atoms with Crippen LogP contribution < -0.4 is 9.80 Å². The third-order valence-electron chi connectivity index (χ3n) is 7.76. The number of benzene rings is 2. The number of alkyl halides is 3. The quantitative estimate of drug-likeness (QED) is 0.620. The Morgan fingerprint density at radius 3 is 2.32 bits per heavy atom. The van der Waals surface area contributed by atoms with Crippen molar-refractivity contribution in [3.05, 3.63) is 59.2 Å². The molecule has 7 nitrogen and oxygen atoms in total. The predicted molar refractivity (Wildman–Crippen MR) is 132 cm³/mol. The second kappa shape index (κ2) is 9.61. The Bertz CT molecular complexity index is 1250. The molecule has 0 radical (unpaired) electrons. The van der Waals surface area contributed by atoms with Crippen molar-refractivity contribution >= 4 is 23.2 Å². The maximum absolute atomic E-state index is 13.8. The van der Waals surface area contributed by atoms with Crippen LogP contribution in [0.1, 0.15) is 23.6 Å². The first-order chi connectivity index (χ1) is 17.7. The van der Waals surface area contributed by atoms with E-state index in [0.717, 1.165) is 17.4 Å². The summed E-state index contributed by atoms with van der Waals surface area (Å²) in [5.74, 6) is -0.683. The number of hydrogen-bond donors (Lipinski definition) is 0. The number of nitriles is 1. The van der Waals surface area contributed by atoms with Gasteiger partial charge in [-0.15, -0.1) is 0 Å². The Labute approximate surface area is 213 Å². The molecule has 0 spiro atoms. The van der Waals surface area contributed by atoms with E-state index in [2.05, 4.69) is 15.9 Å². The van der Waals surface area contributed by atoms with Gasteiger partial charge in [0, 0.05) is 58.4 Å². The summed E-state index contributed by atoms with van der Waals surface area (Å²) in [6.45, 7) is 4.76. The number of rotatable bonds is 2. The second-order valence-electron chi connectivity index (χ2n) is 9.82. The summed E-state index contributed by atoms with van der Waals surface area (Å²) in [5.41, 5.74) is 1.89. The van der Waals surface area contributed by atoms with E-state index in [1.165, 1.54) is 19.1 Å². The number of nitrogens with zero attached hydrogens (tertiary/aromatic N) is 5. The van der Waals surface area contributed by atoms with Gasteiger partial charge in [-0.05, 0) is 42.3 Å². The Morgan fingerprint density at radius 2 is 1.65 bits per heavy atom. The van der Waals surface area contributed by atoms with Gasteiger partial charge in [-0.2, -0.15) is 18.4 Å². The molecule has 2 saturated heterocycles. The summed E-state index contributed by atoms with van der Waals surface area (Å²) in [5, 5.41) is 9.61. The normalized spacial score (nSPS) is 21.7. The number of amides is 2. The molecule has 194 valence electrons. The highest BCUT2D eigenvalue weighted by molar-refractivity contribution is 5.83. The number of fused-ring (bicyclic) bond motifs is 3. The van der Waals surface area contributed by atoms with E-state index < -0.39 is 17.7 Å². The van der Waals surface area contributed by atoms with Gasteiger partial charge in [0.1, 0.15) is 6.07 Å². The van der Waals surface area contributed by atoms with Gasteiger partial charge in [-0.25, -0.2) is 0 Å². The highest BCUT2D eigenvalue weighted by Gasteiger charge is 2.44. The SMILES string of the molecule is CC(=O)N1CCN(C(=O)[C@H]2Cc3cc(C(F)(F)F)ccc3N3CCN(c4ccccc4C#N)C[C@@H]23)CC1. The lowest BCUT2D eigenvalue weighted by Crippen LogP contribution is -2.62. The van der Waals surface area contributed by atoms with Gasteiger partial charge >= 0.3 is 6.18 Å². The second-order valence-corrected chi connectivity index (χ2v) is 9.82. The standard InChI is InChI=1S/C27H28F3N5O2/c1-18(36)32-8-10-33(11-9-32)26(37)22-15-20-14-21(27(28,29)30)6-7-24(20)35-13-12-34(17-25(22)35)23-5-3-2-4-19(23)16-31/h2-7,14,22,25H,8-13,15,17H2,1H3/t22-,25-/m0/s1. The first-order valence-electron chi connectivity index (χ1n) is 12.4. The van der Waals surface area contributed by atoms with Crippen LogP contribution in [0.2, 0.25) is 0 Å². The Hall–Kier alpha value is -3.74. The predicted octanol–water partition coefficient (Wildman–Crippen LogP) is 3.14. The van der Waals surface area contributed by atoms with Crippen molar-refractivity contribution in [3.8, 4) is 6.07 Å². The first kappa shape index (κ1) is 24.9. The lowest BCUT2D eigenvalue weighted by atomic mass is 9.82. The van der Waals surface area contributed by atoms with E-state index in [1.54, 1.807) is 21.9 Å². The third kappa shape index (κ3) is 4.70. The number of carbonyl (C=O) groups excluding carboxylic acids is 2. The zero-order valence-electron chi connectivity index (χ0n) is 20.5. The van der Waals surface area contributed by atoms with E-state index in [1.807, 2.05) is 12.1 Å². The van der Waals surface area contributed by atoms with Gasteiger partial charge in [0.2, 0.25) is 11.8 Å². The monoisotopic (exact) mass is 511 g/mol. The number of para-hydroxylation sites is 1. The summed E-state index contributed by atoms with van der Waals surface area (Å²) in [6.07, 6.45) is -4.26. The maximum Gasteiger partial charge on any atom is 0.416 e. The molecule has 0 aromatic heterocycles. The number of piperazine rings is 2. The molecule has 2 fully saturated rings. The Kier molecular flexibility index (Phi) is 6.48. The Morgan fingerprint density at radius 1 is 0.946 bits per heavy atom. The molecule has 3 aliphatic heterocycles. The van der Waals surface area contributed by atoms with E-state index in [-0.39, 0.29) is 24.3 Å². The molecule has 10 heteroatoms. The topological polar surface area (TPSA) is 70.9 Å². The van der Waals surface area contributed by atoms with E-state index in [9.17, 15) is 28.0 Å². The van der Waals surface area contributed by atoms with Crippen molar-refractivity contribution in [2.45, 2.75) is 25.6 Å². The van der Waals surface area contributed by atoms with Crippen molar-refractivity contribution < 1.29 is 22.8 Å². The molecule has 2 amide bonds. The van der Waals surface area contributed by atoms with Crippen molar-refractivity contribution in [1.82, 2.24) is 9.80 Å². The fourth-order valence-electron chi connectivity index (χ4n) is 5.82. The van der Waals surface area contributed by atoms with E-state index in [4.69, 9.17) is 0 Å². The minimum Gasteiger partial charge on any atom is -0.367 e. The van der Waals surface area contributed by atoms with Gasteiger partial charge < -0.3 is 19.6 Å². The molecule has 5 rings (SSSR count). The lowest BCUT2D eigenvalue weighted by molar-refractivity contribution is -0.142. The molecule has 3 aliphatic rings. The fraction of sp³-hybridized carbons (Fsp3) is 0.444. The molecular weight excluding hydrogens is 483 g/mol. The van der Waals surface area contributed by atoms with Crippen molar-refractivity contribution in [3.63, 3.8) is 0 Å². The third-order valence-corrected chi connectivity index (χ3v) is 7.76. The molecular formula is C27H28F3N5O2. The van der Waals surface area contributed by atoms with Crippen LogP contribution in [0.4, 0.5) is 24.5 Å². The lowest BCUT2D eigenvalue weighted by Gasteiger charge is -2.51. The largest absolute Gasteiger partial charge is 0.416 e. The average molecular weight is 512 g/mol. The fourth-order valence-corrected chi connectivity index (χ4v) is 5.82. The molecule has 3 heterocycles. The minimum absolute atomic E-state index is 0.0383. The van der Waals surface area contributed by atoms with Gasteiger partial charge in [-0.1, -0.05) is 12.1 Å². The summed E-state index contributed by atoms with van der Waals surface area (Å²) in [6, 6.07) is 13.1. The van der Waals surface area contributed by atoms with Crippen LogP contribution in [0.15, 0.2) is 42.5 Å². The number of hydrogen-bond acceptors (Lipinski definition) is 5. The zero-order valence-corrected chi connectivity index (χ0v) is 20.5. The van der Waals surface area contributed by atoms with Crippen molar-refractivity contribution in [2.75, 3.05) is 55.6 Å². The summed E-state index contributed by atoms with van der Waals surface area (Å²) in [7, 11) is 0. The molecule has 2 aromatic carbocycles. The summed E-state index contributed by atoms with van der Waals surface area (Å²) >= 11 is 0. The average Bonchev–Trinajstić information content (AvgIpc) is 2.91. The Balaban J connectivity index is 1.47. The van der Waals surface area contributed by atoms with Crippen LogP contribution in [-0.4, -0.2) is 73.5 Å². The van der Waals surface area contributed by atoms with Crippen LogP contribution in [0, 0.1) is 17.2 Å². The highest BCUT2D eigenvalue weighted by Crippen LogP contribution is 2.41. The number of carbonyl (C=O) groups is 2. The van der Waals surface area contributed by atoms with Gasteiger partial charge in [-0.3, -0.25) is 9.59 Å². The molecule has 2 aromatic rings. The summed E-state index contributed by atoms with van der Waals surface area (Å²) in [4.78, 5) is 33.2. The smallest absolute Gasteiger partial charge is 0.367 e. The van der Waals surface area contributed by atoms with Crippen molar-refractivity contribution in [2.24, 2.45) is 5.92 Å². The molecule has 37 heavy (non-hydrogen) atoms. The molecule has 0 bridgehead atoms. The van der Waals surface area contributed by atoms with Crippen LogP contribution >= 0.6 is 0 Å². The first-order valence-corrected chi connectivity index (χ1v) is 12.4. The zero-order chi connectivity index (χ0) is 26.3. The number of anilines is 2. The molecule has 0 unspecified atom stereocenters. The summed E-state index contributed by atoms with van der Waals surface area (Å²) < 4.78 is 40.5. The van der Waals surface area contributed by atoms with Gasteiger partial charge in [0.25, 0.3) is 0 Å². The van der Waals surface area contributed by atoms with Gasteiger partial charge in [0.05, 0.1) is 28.8 Å². The van der Waals surface area contributed by atoms with Crippen molar-refractivity contribution in [1.29, 1.82) is 5.26 Å². The maximum atomic E-state index is 13.8. The van der Waals surface area contributed by atoms with Crippen LogP contribution in [-0.2, 0) is 22.2 Å². The highest BCUT2D eigenvalue weighted by atomic mass is 19.4. The van der Waals surface area contributed by atoms with E-state index >= 15 is 0 Å². The molecule has 0 saturated carbocycles. The molecule has 0 N–H and O–H groups in total. The van der Waals surface area contributed by atoms with Crippen LogP contribution in [0.3, 0.4) is 0 Å².